The van der Waals surface area contributed by atoms with Crippen LogP contribution in [0.5, 0.6) is 5.75 Å². The molecule has 1 N–H and O–H groups in total. The third kappa shape index (κ3) is 4.33. The minimum atomic E-state index is -0.655. The summed E-state index contributed by atoms with van der Waals surface area (Å²) in [6.45, 7) is 7.19. The van der Waals surface area contributed by atoms with E-state index in [9.17, 15) is 9.90 Å². The highest BCUT2D eigenvalue weighted by Gasteiger charge is 2.27. The molecule has 0 radical (unpaired) electrons. The van der Waals surface area contributed by atoms with Crippen molar-refractivity contribution in [1.29, 1.82) is 0 Å². The van der Waals surface area contributed by atoms with Gasteiger partial charge in [0.2, 0.25) is 0 Å². The van der Waals surface area contributed by atoms with Crippen molar-refractivity contribution in [3.05, 3.63) is 42.5 Å². The zero-order chi connectivity index (χ0) is 15.3. The second-order valence-corrected chi connectivity index (χ2v) is 5.77. The van der Waals surface area contributed by atoms with Crippen LogP contribution in [0, 0.1) is 0 Å². The van der Waals surface area contributed by atoms with E-state index in [1.54, 1.807) is 30.3 Å². The Morgan fingerprint density at radius 1 is 1.38 bits per heavy atom. The van der Waals surface area contributed by atoms with Crippen molar-refractivity contribution in [2.45, 2.75) is 31.8 Å². The highest BCUT2D eigenvalue weighted by atomic mass is 16.5. The standard InChI is InChI=1S/C17H23NO3/c1-3-13-21-15-7-5-14(6-8-15)16(19)18-11-4-9-17(2,20)10-12-18/h3,5-8,20H,1,4,9-13H2,2H3. The zero-order valence-corrected chi connectivity index (χ0v) is 12.5. The Bertz CT molecular complexity index is 493. The highest BCUT2D eigenvalue weighted by Crippen LogP contribution is 2.23. The number of aliphatic hydroxyl groups is 1. The van der Waals surface area contributed by atoms with Crippen LogP contribution in [0.4, 0.5) is 0 Å². The quantitative estimate of drug-likeness (QED) is 0.867. The van der Waals surface area contributed by atoms with Crippen molar-refractivity contribution < 1.29 is 14.6 Å². The van der Waals surface area contributed by atoms with Gasteiger partial charge in [0.1, 0.15) is 12.4 Å². The molecule has 1 amide bonds. The van der Waals surface area contributed by atoms with E-state index in [2.05, 4.69) is 6.58 Å². The molecule has 1 saturated heterocycles. The molecule has 114 valence electrons. The van der Waals surface area contributed by atoms with Gasteiger partial charge in [-0.1, -0.05) is 12.7 Å². The average Bonchev–Trinajstić information content (AvgIpc) is 2.66. The number of rotatable bonds is 4. The molecule has 21 heavy (non-hydrogen) atoms. The van der Waals surface area contributed by atoms with Crippen LogP contribution in [-0.2, 0) is 0 Å². The highest BCUT2D eigenvalue weighted by molar-refractivity contribution is 5.94. The summed E-state index contributed by atoms with van der Waals surface area (Å²) >= 11 is 0. The SMILES string of the molecule is C=CCOc1ccc(C(=O)N2CCCC(C)(O)CC2)cc1. The minimum absolute atomic E-state index is 0.0166. The lowest BCUT2D eigenvalue weighted by molar-refractivity contribution is 0.0438. The summed E-state index contributed by atoms with van der Waals surface area (Å²) in [4.78, 5) is 14.3. The van der Waals surface area contributed by atoms with Crippen LogP contribution in [0.25, 0.3) is 0 Å². The van der Waals surface area contributed by atoms with Crippen molar-refractivity contribution in [1.82, 2.24) is 4.90 Å². The largest absolute Gasteiger partial charge is 0.490 e. The van der Waals surface area contributed by atoms with Gasteiger partial charge in [-0.3, -0.25) is 4.79 Å². The van der Waals surface area contributed by atoms with Gasteiger partial charge in [-0.15, -0.1) is 0 Å². The van der Waals surface area contributed by atoms with E-state index >= 15 is 0 Å². The molecule has 1 aromatic rings. The second kappa shape index (κ2) is 6.76. The number of nitrogens with zero attached hydrogens (tertiary/aromatic N) is 1. The zero-order valence-electron chi connectivity index (χ0n) is 12.5. The van der Waals surface area contributed by atoms with Crippen LogP contribution >= 0.6 is 0 Å². The normalized spacial score (nSPS) is 22.5. The molecule has 4 nitrogen and oxygen atoms in total. The first-order valence-electron chi connectivity index (χ1n) is 7.37. The van der Waals surface area contributed by atoms with Crippen LogP contribution in [0.3, 0.4) is 0 Å². The molecule has 1 aliphatic rings. The van der Waals surface area contributed by atoms with Gasteiger partial charge >= 0.3 is 0 Å². The summed E-state index contributed by atoms with van der Waals surface area (Å²) in [5.74, 6) is 0.744. The number of benzene rings is 1. The molecule has 1 atom stereocenters. The molecule has 1 aromatic carbocycles. The van der Waals surface area contributed by atoms with Gasteiger partial charge in [-0.2, -0.15) is 0 Å². The van der Waals surface area contributed by atoms with Crippen molar-refractivity contribution >= 4 is 5.91 Å². The van der Waals surface area contributed by atoms with Gasteiger partial charge in [0, 0.05) is 18.7 Å². The Labute approximate surface area is 126 Å². The fraction of sp³-hybridized carbons (Fsp3) is 0.471. The summed E-state index contributed by atoms with van der Waals surface area (Å²) in [5.41, 5.74) is -0.000253. The Morgan fingerprint density at radius 3 is 2.76 bits per heavy atom. The summed E-state index contributed by atoms with van der Waals surface area (Å²) < 4.78 is 5.41. The summed E-state index contributed by atoms with van der Waals surface area (Å²) in [7, 11) is 0. The van der Waals surface area contributed by atoms with E-state index in [4.69, 9.17) is 4.74 Å². The molecule has 1 fully saturated rings. The molecular formula is C17H23NO3. The molecule has 0 aliphatic carbocycles. The lowest BCUT2D eigenvalue weighted by Gasteiger charge is -2.22. The fourth-order valence-corrected chi connectivity index (χ4v) is 2.50. The van der Waals surface area contributed by atoms with Gasteiger partial charge in [0.05, 0.1) is 5.60 Å². The lowest BCUT2D eigenvalue weighted by Crippen LogP contribution is -2.33. The predicted octanol–water partition coefficient (Wildman–Crippen LogP) is 2.63. The third-order valence-electron chi connectivity index (χ3n) is 3.82. The molecular weight excluding hydrogens is 266 g/mol. The molecule has 0 aromatic heterocycles. The molecule has 0 spiro atoms. The van der Waals surface area contributed by atoms with Crippen molar-refractivity contribution in [2.75, 3.05) is 19.7 Å². The third-order valence-corrected chi connectivity index (χ3v) is 3.82. The maximum absolute atomic E-state index is 12.5. The van der Waals surface area contributed by atoms with E-state index in [-0.39, 0.29) is 5.91 Å². The number of amides is 1. The first-order chi connectivity index (χ1) is 10.0. The molecule has 1 unspecified atom stereocenters. The van der Waals surface area contributed by atoms with E-state index in [1.165, 1.54) is 0 Å². The number of carbonyl (C=O) groups excluding carboxylic acids is 1. The van der Waals surface area contributed by atoms with Gasteiger partial charge in [0.25, 0.3) is 5.91 Å². The molecule has 0 saturated carbocycles. The van der Waals surface area contributed by atoms with Crippen LogP contribution in [0.1, 0.15) is 36.5 Å². The first-order valence-corrected chi connectivity index (χ1v) is 7.37. The van der Waals surface area contributed by atoms with Crippen molar-refractivity contribution in [2.24, 2.45) is 0 Å². The van der Waals surface area contributed by atoms with Crippen LogP contribution in [0.2, 0.25) is 0 Å². The van der Waals surface area contributed by atoms with Crippen LogP contribution in [0.15, 0.2) is 36.9 Å². The smallest absolute Gasteiger partial charge is 0.253 e. The number of ether oxygens (including phenoxy) is 1. The maximum atomic E-state index is 12.5. The van der Waals surface area contributed by atoms with E-state index < -0.39 is 5.60 Å². The Morgan fingerprint density at radius 2 is 2.10 bits per heavy atom. The monoisotopic (exact) mass is 289 g/mol. The summed E-state index contributed by atoms with van der Waals surface area (Å²) in [6, 6.07) is 7.16. The summed E-state index contributed by atoms with van der Waals surface area (Å²) in [6.07, 6.45) is 3.88. The van der Waals surface area contributed by atoms with Crippen molar-refractivity contribution in [3.8, 4) is 5.75 Å². The predicted molar refractivity (Wildman–Crippen MR) is 82.5 cm³/mol. The van der Waals surface area contributed by atoms with E-state index in [0.717, 1.165) is 18.6 Å². The van der Waals surface area contributed by atoms with Gasteiger partial charge in [-0.25, -0.2) is 0 Å². The number of hydrogen-bond donors (Lipinski definition) is 1. The lowest BCUT2D eigenvalue weighted by atomic mass is 9.98. The molecule has 2 rings (SSSR count). The number of hydrogen-bond acceptors (Lipinski definition) is 3. The van der Waals surface area contributed by atoms with Crippen LogP contribution in [-0.4, -0.2) is 41.2 Å². The van der Waals surface area contributed by atoms with Crippen molar-refractivity contribution in [3.63, 3.8) is 0 Å². The Kier molecular flexibility index (Phi) is 5.02. The topological polar surface area (TPSA) is 49.8 Å². The van der Waals surface area contributed by atoms with Crippen LogP contribution < -0.4 is 4.74 Å². The van der Waals surface area contributed by atoms with E-state index in [0.29, 0.717) is 31.7 Å². The van der Waals surface area contributed by atoms with Gasteiger partial charge < -0.3 is 14.7 Å². The maximum Gasteiger partial charge on any atom is 0.253 e. The average molecular weight is 289 g/mol. The number of likely N-dealkylation sites (tertiary alicyclic amines) is 1. The number of carbonyl (C=O) groups is 1. The Balaban J connectivity index is 2.00. The van der Waals surface area contributed by atoms with Gasteiger partial charge in [0.15, 0.2) is 0 Å². The Hall–Kier alpha value is -1.81. The molecule has 0 bridgehead atoms. The molecule has 1 aliphatic heterocycles. The second-order valence-electron chi connectivity index (χ2n) is 5.77. The molecule has 4 heteroatoms. The molecule has 1 heterocycles. The first kappa shape index (κ1) is 15.6. The minimum Gasteiger partial charge on any atom is -0.490 e. The van der Waals surface area contributed by atoms with Gasteiger partial charge in [-0.05, 0) is 50.5 Å². The fourth-order valence-electron chi connectivity index (χ4n) is 2.50. The summed E-state index contributed by atoms with van der Waals surface area (Å²) in [5, 5.41) is 10.1. The van der Waals surface area contributed by atoms with E-state index in [1.807, 2.05) is 11.8 Å².